The van der Waals surface area contributed by atoms with Gasteiger partial charge in [-0.25, -0.2) is 0 Å². The van der Waals surface area contributed by atoms with Crippen LogP contribution in [0.15, 0.2) is 24.3 Å². The number of nitrogens with one attached hydrogen (secondary N) is 1. The van der Waals surface area contributed by atoms with E-state index in [1.54, 1.807) is 29.2 Å². The van der Waals surface area contributed by atoms with E-state index >= 15 is 0 Å². The number of carbonyl (C=O) groups excluding carboxylic acids is 3. The van der Waals surface area contributed by atoms with Gasteiger partial charge in [-0.1, -0.05) is 0 Å². The van der Waals surface area contributed by atoms with E-state index in [1.165, 1.54) is 0 Å². The zero-order valence-electron chi connectivity index (χ0n) is 14.9. The molecular weight excluding hydrogens is 348 g/mol. The molecule has 1 aromatic rings. The highest BCUT2D eigenvalue weighted by atomic mass is 16.6. The van der Waals surface area contributed by atoms with E-state index in [4.69, 9.17) is 9.47 Å². The minimum absolute atomic E-state index is 0.0241. The maximum absolute atomic E-state index is 12.8. The van der Waals surface area contributed by atoms with Gasteiger partial charge in [-0.3, -0.25) is 14.4 Å². The summed E-state index contributed by atoms with van der Waals surface area (Å²) in [6.07, 6.45) is 1.74. The molecule has 5 atom stereocenters. The van der Waals surface area contributed by atoms with E-state index in [0.717, 1.165) is 12.8 Å². The number of esters is 1. The van der Waals surface area contributed by atoms with Crippen LogP contribution in [0.25, 0.3) is 0 Å². The molecule has 27 heavy (non-hydrogen) atoms. The Hall–Kier alpha value is -2.41. The molecule has 2 aliphatic heterocycles. The predicted molar refractivity (Wildman–Crippen MR) is 94.9 cm³/mol. The molecule has 2 bridgehead atoms. The third kappa shape index (κ3) is 2.72. The van der Waals surface area contributed by atoms with Crippen LogP contribution in [0.1, 0.15) is 23.2 Å². The van der Waals surface area contributed by atoms with Gasteiger partial charge in [-0.2, -0.15) is 0 Å². The molecule has 2 saturated carbocycles. The first kappa shape index (κ1) is 16.7. The van der Waals surface area contributed by atoms with Gasteiger partial charge in [0.1, 0.15) is 6.10 Å². The molecule has 4 fully saturated rings. The van der Waals surface area contributed by atoms with Crippen LogP contribution in [0.5, 0.6) is 0 Å². The summed E-state index contributed by atoms with van der Waals surface area (Å²) in [6.45, 7) is 2.32. The van der Waals surface area contributed by atoms with Crippen molar-refractivity contribution in [2.75, 3.05) is 31.6 Å². The summed E-state index contributed by atoms with van der Waals surface area (Å²) in [5.41, 5.74) is 1.24. The van der Waals surface area contributed by atoms with E-state index < -0.39 is 0 Å². The van der Waals surface area contributed by atoms with Crippen LogP contribution >= 0.6 is 0 Å². The first-order chi connectivity index (χ1) is 13.1. The first-order valence-electron chi connectivity index (χ1n) is 9.60. The lowest BCUT2D eigenvalue weighted by molar-refractivity contribution is -0.145. The van der Waals surface area contributed by atoms with Crippen molar-refractivity contribution in [1.29, 1.82) is 0 Å². The van der Waals surface area contributed by atoms with Crippen molar-refractivity contribution >= 4 is 23.5 Å². The van der Waals surface area contributed by atoms with Crippen molar-refractivity contribution in [3.8, 4) is 0 Å². The third-order valence-corrected chi connectivity index (χ3v) is 6.48. The number of ether oxygens (including phenoxy) is 2. The Balaban J connectivity index is 1.25. The van der Waals surface area contributed by atoms with E-state index in [1.807, 2.05) is 0 Å². The average Bonchev–Trinajstić information content (AvgIpc) is 3.31. The molecule has 142 valence electrons. The molecule has 0 unspecified atom stereocenters. The van der Waals surface area contributed by atoms with E-state index in [9.17, 15) is 14.4 Å². The second-order valence-corrected chi connectivity index (χ2v) is 7.89. The van der Waals surface area contributed by atoms with E-state index in [0.29, 0.717) is 37.6 Å². The van der Waals surface area contributed by atoms with Gasteiger partial charge in [0.05, 0.1) is 25.0 Å². The van der Waals surface area contributed by atoms with Crippen LogP contribution in [0.3, 0.4) is 0 Å². The highest BCUT2D eigenvalue weighted by Crippen LogP contribution is 2.57. The summed E-state index contributed by atoms with van der Waals surface area (Å²) in [7, 11) is 0. The molecule has 4 aliphatic rings. The molecule has 7 heteroatoms. The SMILES string of the molecule is O=C(Nc1ccc(C(=O)N2CCOCC2)cc1)[C@@H]1[C@@H]2C[C@H]3[C@@H]1C(=O)O[C@@H]3C2. The van der Waals surface area contributed by atoms with Crippen LogP contribution in [0.2, 0.25) is 0 Å². The van der Waals surface area contributed by atoms with Crippen LogP contribution in [0, 0.1) is 23.7 Å². The highest BCUT2D eigenvalue weighted by Gasteiger charge is 2.63. The molecule has 2 aliphatic carbocycles. The van der Waals surface area contributed by atoms with Crippen molar-refractivity contribution in [3.63, 3.8) is 0 Å². The molecule has 2 amide bonds. The number of fused-ring (bicyclic) bond motifs is 1. The van der Waals surface area contributed by atoms with Crippen LogP contribution in [0.4, 0.5) is 5.69 Å². The van der Waals surface area contributed by atoms with E-state index in [2.05, 4.69) is 5.32 Å². The fourth-order valence-electron chi connectivity index (χ4n) is 5.23. The Morgan fingerprint density at radius 1 is 1.07 bits per heavy atom. The van der Waals surface area contributed by atoms with Crippen molar-refractivity contribution < 1.29 is 23.9 Å². The molecule has 0 spiro atoms. The van der Waals surface area contributed by atoms with Crippen molar-refractivity contribution in [3.05, 3.63) is 29.8 Å². The molecule has 0 radical (unpaired) electrons. The highest BCUT2D eigenvalue weighted by molar-refractivity contribution is 5.98. The molecular formula is C20H22N2O5. The van der Waals surface area contributed by atoms with Crippen molar-refractivity contribution in [1.82, 2.24) is 4.90 Å². The maximum atomic E-state index is 12.8. The quantitative estimate of drug-likeness (QED) is 0.811. The average molecular weight is 370 g/mol. The predicted octanol–water partition coefficient (Wildman–Crippen LogP) is 1.30. The van der Waals surface area contributed by atoms with E-state index in [-0.39, 0.29) is 47.6 Å². The van der Waals surface area contributed by atoms with Crippen molar-refractivity contribution in [2.24, 2.45) is 23.7 Å². The number of rotatable bonds is 3. The van der Waals surface area contributed by atoms with Gasteiger partial charge in [0.2, 0.25) is 5.91 Å². The summed E-state index contributed by atoms with van der Waals surface area (Å²) in [4.78, 5) is 39.1. The lowest BCUT2D eigenvalue weighted by atomic mass is 9.79. The minimum atomic E-state index is -0.295. The number of morpholine rings is 1. The van der Waals surface area contributed by atoms with Crippen LogP contribution < -0.4 is 5.32 Å². The summed E-state index contributed by atoms with van der Waals surface area (Å²) in [6, 6.07) is 6.95. The van der Waals surface area contributed by atoms with Gasteiger partial charge in [0, 0.05) is 30.3 Å². The Morgan fingerprint density at radius 3 is 2.56 bits per heavy atom. The zero-order valence-corrected chi connectivity index (χ0v) is 14.9. The maximum Gasteiger partial charge on any atom is 0.310 e. The van der Waals surface area contributed by atoms with Gasteiger partial charge >= 0.3 is 5.97 Å². The molecule has 2 saturated heterocycles. The Morgan fingerprint density at radius 2 is 1.81 bits per heavy atom. The summed E-state index contributed by atoms with van der Waals surface area (Å²) < 4.78 is 10.7. The molecule has 2 heterocycles. The number of carbonyl (C=O) groups is 3. The minimum Gasteiger partial charge on any atom is -0.462 e. The van der Waals surface area contributed by atoms with Gasteiger partial charge < -0.3 is 19.7 Å². The molecule has 0 aromatic heterocycles. The van der Waals surface area contributed by atoms with Crippen LogP contribution in [-0.2, 0) is 19.1 Å². The normalized spacial score (nSPS) is 33.9. The molecule has 7 nitrogen and oxygen atoms in total. The molecule has 5 rings (SSSR count). The standard InChI is InChI=1S/C20H22N2O5/c23-18(16-12-9-14-15(10-12)27-20(25)17(14)16)21-13-3-1-11(2-4-13)19(24)22-5-7-26-8-6-22/h1-4,12,14-17H,5-10H2,(H,21,23)/t12-,14-,15-,16-,17+/m1/s1. The number of amides is 2. The number of anilines is 1. The number of hydrogen-bond donors (Lipinski definition) is 1. The fraction of sp³-hybridized carbons (Fsp3) is 0.550. The van der Waals surface area contributed by atoms with Gasteiger partial charge in [-0.05, 0) is 43.0 Å². The van der Waals surface area contributed by atoms with Gasteiger partial charge in [-0.15, -0.1) is 0 Å². The smallest absolute Gasteiger partial charge is 0.310 e. The molecule has 1 aromatic carbocycles. The zero-order chi connectivity index (χ0) is 18.5. The number of benzene rings is 1. The number of hydrogen-bond acceptors (Lipinski definition) is 5. The second-order valence-electron chi connectivity index (χ2n) is 7.89. The Kier molecular flexibility index (Phi) is 3.93. The third-order valence-electron chi connectivity index (χ3n) is 6.48. The monoisotopic (exact) mass is 370 g/mol. The summed E-state index contributed by atoms with van der Waals surface area (Å²) in [5, 5.41) is 2.93. The summed E-state index contributed by atoms with van der Waals surface area (Å²) >= 11 is 0. The van der Waals surface area contributed by atoms with Gasteiger partial charge in [0.15, 0.2) is 0 Å². The second kappa shape index (κ2) is 6.34. The fourth-order valence-corrected chi connectivity index (χ4v) is 5.23. The molecule has 1 N–H and O–H groups in total. The van der Waals surface area contributed by atoms with Gasteiger partial charge in [0.25, 0.3) is 5.91 Å². The Labute approximate surface area is 157 Å². The lowest BCUT2D eigenvalue weighted by Crippen LogP contribution is -2.40. The Bertz CT molecular complexity index is 784. The van der Waals surface area contributed by atoms with Crippen molar-refractivity contribution in [2.45, 2.75) is 18.9 Å². The number of nitrogens with zero attached hydrogens (tertiary/aromatic N) is 1. The topological polar surface area (TPSA) is 84.9 Å². The first-order valence-corrected chi connectivity index (χ1v) is 9.60. The van der Waals surface area contributed by atoms with Crippen LogP contribution in [-0.4, -0.2) is 55.1 Å². The summed E-state index contributed by atoms with van der Waals surface area (Å²) in [5.74, 6) is -0.477. The lowest BCUT2D eigenvalue weighted by Gasteiger charge is -2.27. The largest absolute Gasteiger partial charge is 0.462 e.